The number of anilines is 1. The SMILES string of the molecule is Cc1n[nH]c(C)c1CC(=O)Nc1cccnc1C(=O)O. The number of aryl methyl sites for hydroxylation is 2. The van der Waals surface area contributed by atoms with E-state index in [2.05, 4.69) is 20.5 Å². The lowest BCUT2D eigenvalue weighted by atomic mass is 10.1. The molecular weight excluding hydrogens is 260 g/mol. The summed E-state index contributed by atoms with van der Waals surface area (Å²) in [6.45, 7) is 3.63. The fourth-order valence-electron chi connectivity index (χ4n) is 1.87. The molecule has 20 heavy (non-hydrogen) atoms. The number of pyridine rings is 1. The number of aromatic nitrogens is 3. The number of carbonyl (C=O) groups is 2. The Labute approximate surface area is 115 Å². The minimum absolute atomic E-state index is 0.127. The summed E-state index contributed by atoms with van der Waals surface area (Å²) in [5.74, 6) is -1.50. The van der Waals surface area contributed by atoms with Crippen LogP contribution in [-0.4, -0.2) is 32.2 Å². The number of rotatable bonds is 4. The summed E-state index contributed by atoms with van der Waals surface area (Å²) in [5, 5.41) is 18.4. The Morgan fingerprint density at radius 2 is 2.15 bits per heavy atom. The first-order valence-electron chi connectivity index (χ1n) is 5.97. The van der Waals surface area contributed by atoms with E-state index in [1.54, 1.807) is 13.0 Å². The zero-order valence-corrected chi connectivity index (χ0v) is 11.1. The number of hydrogen-bond acceptors (Lipinski definition) is 4. The first kappa shape index (κ1) is 13.7. The van der Waals surface area contributed by atoms with Gasteiger partial charge in [0.2, 0.25) is 5.91 Å². The number of H-pyrrole nitrogens is 1. The molecule has 0 aliphatic carbocycles. The van der Waals surface area contributed by atoms with Crippen LogP contribution in [0, 0.1) is 13.8 Å². The monoisotopic (exact) mass is 274 g/mol. The fraction of sp³-hybridized carbons (Fsp3) is 0.231. The Hall–Kier alpha value is -2.70. The fourth-order valence-corrected chi connectivity index (χ4v) is 1.87. The minimum atomic E-state index is -1.18. The number of aromatic amines is 1. The zero-order chi connectivity index (χ0) is 14.7. The summed E-state index contributed by atoms with van der Waals surface area (Å²) in [4.78, 5) is 26.7. The van der Waals surface area contributed by atoms with E-state index in [4.69, 9.17) is 5.11 Å². The molecule has 7 heteroatoms. The predicted octanol–water partition coefficient (Wildman–Crippen LogP) is 1.30. The third-order valence-corrected chi connectivity index (χ3v) is 2.90. The molecule has 0 aliphatic rings. The van der Waals surface area contributed by atoms with Gasteiger partial charge in [-0.3, -0.25) is 9.89 Å². The van der Waals surface area contributed by atoms with Gasteiger partial charge in [0, 0.05) is 17.5 Å². The largest absolute Gasteiger partial charge is 0.476 e. The van der Waals surface area contributed by atoms with E-state index in [1.165, 1.54) is 12.3 Å². The number of carbonyl (C=O) groups excluding carboxylic acids is 1. The Balaban J connectivity index is 2.15. The van der Waals surface area contributed by atoms with Crippen LogP contribution in [0.3, 0.4) is 0 Å². The molecule has 2 rings (SSSR count). The second-order valence-corrected chi connectivity index (χ2v) is 4.34. The van der Waals surface area contributed by atoms with Crippen LogP contribution in [-0.2, 0) is 11.2 Å². The lowest BCUT2D eigenvalue weighted by Crippen LogP contribution is -2.18. The molecule has 0 atom stereocenters. The standard InChI is InChI=1S/C13H14N4O3/c1-7-9(8(2)17-16-7)6-11(18)15-10-4-3-5-14-12(10)13(19)20/h3-5H,6H2,1-2H3,(H,15,18)(H,16,17)(H,19,20). The van der Waals surface area contributed by atoms with Crippen LogP contribution in [0.4, 0.5) is 5.69 Å². The molecule has 0 radical (unpaired) electrons. The number of nitrogens with one attached hydrogen (secondary N) is 2. The molecule has 2 aromatic heterocycles. The molecule has 0 unspecified atom stereocenters. The Kier molecular flexibility index (Phi) is 3.79. The molecule has 7 nitrogen and oxygen atoms in total. The quantitative estimate of drug-likeness (QED) is 0.778. The number of aromatic carboxylic acids is 1. The molecule has 2 heterocycles. The van der Waals surface area contributed by atoms with Gasteiger partial charge in [-0.25, -0.2) is 9.78 Å². The summed E-state index contributed by atoms with van der Waals surface area (Å²) in [6.07, 6.45) is 1.49. The van der Waals surface area contributed by atoms with Crippen molar-refractivity contribution >= 4 is 17.6 Å². The minimum Gasteiger partial charge on any atom is -0.476 e. The van der Waals surface area contributed by atoms with Crippen LogP contribution >= 0.6 is 0 Å². The van der Waals surface area contributed by atoms with Crippen molar-refractivity contribution < 1.29 is 14.7 Å². The highest BCUT2D eigenvalue weighted by Crippen LogP contribution is 2.14. The molecule has 0 fully saturated rings. The van der Waals surface area contributed by atoms with Gasteiger partial charge in [0.25, 0.3) is 0 Å². The highest BCUT2D eigenvalue weighted by Gasteiger charge is 2.15. The predicted molar refractivity (Wildman–Crippen MR) is 71.6 cm³/mol. The van der Waals surface area contributed by atoms with Gasteiger partial charge in [0.15, 0.2) is 5.69 Å². The summed E-state index contributed by atoms with van der Waals surface area (Å²) in [6, 6.07) is 3.07. The number of carboxylic acid groups (broad SMARTS) is 1. The van der Waals surface area contributed by atoms with Gasteiger partial charge in [-0.15, -0.1) is 0 Å². The smallest absolute Gasteiger partial charge is 0.356 e. The van der Waals surface area contributed by atoms with E-state index in [9.17, 15) is 9.59 Å². The van der Waals surface area contributed by atoms with Gasteiger partial charge in [0.05, 0.1) is 17.8 Å². The zero-order valence-electron chi connectivity index (χ0n) is 11.1. The Bertz CT molecular complexity index is 644. The Morgan fingerprint density at radius 1 is 1.40 bits per heavy atom. The van der Waals surface area contributed by atoms with E-state index in [-0.39, 0.29) is 23.7 Å². The van der Waals surface area contributed by atoms with Crippen molar-refractivity contribution in [1.29, 1.82) is 0 Å². The maximum atomic E-state index is 12.0. The number of hydrogen-bond donors (Lipinski definition) is 3. The van der Waals surface area contributed by atoms with Crippen molar-refractivity contribution in [3.8, 4) is 0 Å². The number of nitrogens with zero attached hydrogens (tertiary/aromatic N) is 2. The molecule has 104 valence electrons. The summed E-state index contributed by atoms with van der Waals surface area (Å²) < 4.78 is 0. The molecule has 0 bridgehead atoms. The van der Waals surface area contributed by atoms with E-state index in [0.29, 0.717) is 0 Å². The lowest BCUT2D eigenvalue weighted by Gasteiger charge is -2.07. The van der Waals surface area contributed by atoms with Gasteiger partial charge in [0.1, 0.15) is 0 Å². The van der Waals surface area contributed by atoms with Crippen molar-refractivity contribution in [3.63, 3.8) is 0 Å². The Morgan fingerprint density at radius 3 is 2.75 bits per heavy atom. The van der Waals surface area contributed by atoms with Crippen LogP contribution in [0.15, 0.2) is 18.3 Å². The average Bonchev–Trinajstić information content (AvgIpc) is 2.71. The van der Waals surface area contributed by atoms with Gasteiger partial charge in [-0.2, -0.15) is 5.10 Å². The van der Waals surface area contributed by atoms with Crippen LogP contribution in [0.1, 0.15) is 27.4 Å². The van der Waals surface area contributed by atoms with E-state index in [1.807, 2.05) is 6.92 Å². The van der Waals surface area contributed by atoms with Crippen LogP contribution < -0.4 is 5.32 Å². The average molecular weight is 274 g/mol. The second-order valence-electron chi connectivity index (χ2n) is 4.34. The van der Waals surface area contributed by atoms with E-state index in [0.717, 1.165) is 17.0 Å². The van der Waals surface area contributed by atoms with Crippen molar-refractivity contribution in [2.75, 3.05) is 5.32 Å². The maximum Gasteiger partial charge on any atom is 0.356 e. The van der Waals surface area contributed by atoms with Crippen LogP contribution in [0.5, 0.6) is 0 Å². The maximum absolute atomic E-state index is 12.0. The second kappa shape index (κ2) is 5.52. The van der Waals surface area contributed by atoms with Crippen molar-refractivity contribution in [1.82, 2.24) is 15.2 Å². The topological polar surface area (TPSA) is 108 Å². The van der Waals surface area contributed by atoms with Crippen molar-refractivity contribution in [3.05, 3.63) is 41.0 Å². The molecule has 0 spiro atoms. The van der Waals surface area contributed by atoms with Crippen LogP contribution in [0.25, 0.3) is 0 Å². The molecule has 2 aromatic rings. The molecule has 0 saturated heterocycles. The normalized spacial score (nSPS) is 10.3. The molecule has 0 aromatic carbocycles. The molecule has 3 N–H and O–H groups in total. The summed E-state index contributed by atoms with van der Waals surface area (Å²) in [7, 11) is 0. The number of carboxylic acids is 1. The molecule has 0 saturated carbocycles. The third-order valence-electron chi connectivity index (χ3n) is 2.90. The van der Waals surface area contributed by atoms with Gasteiger partial charge in [-0.05, 0) is 26.0 Å². The molecular formula is C13H14N4O3. The first-order chi connectivity index (χ1) is 9.49. The van der Waals surface area contributed by atoms with E-state index < -0.39 is 5.97 Å². The highest BCUT2D eigenvalue weighted by atomic mass is 16.4. The van der Waals surface area contributed by atoms with Gasteiger partial charge in [-0.1, -0.05) is 0 Å². The van der Waals surface area contributed by atoms with Gasteiger partial charge < -0.3 is 10.4 Å². The summed E-state index contributed by atoms with van der Waals surface area (Å²) in [5.41, 5.74) is 2.39. The summed E-state index contributed by atoms with van der Waals surface area (Å²) >= 11 is 0. The lowest BCUT2D eigenvalue weighted by molar-refractivity contribution is -0.115. The molecule has 1 amide bonds. The first-order valence-corrected chi connectivity index (χ1v) is 5.97. The van der Waals surface area contributed by atoms with Gasteiger partial charge >= 0.3 is 5.97 Å². The van der Waals surface area contributed by atoms with Crippen molar-refractivity contribution in [2.45, 2.75) is 20.3 Å². The molecule has 0 aliphatic heterocycles. The number of amides is 1. The van der Waals surface area contributed by atoms with Crippen LogP contribution in [0.2, 0.25) is 0 Å². The third kappa shape index (κ3) is 2.82. The highest BCUT2D eigenvalue weighted by molar-refractivity contribution is 5.99. The van der Waals surface area contributed by atoms with Crippen molar-refractivity contribution in [2.24, 2.45) is 0 Å². The van der Waals surface area contributed by atoms with E-state index >= 15 is 0 Å².